The molecule has 0 atom stereocenters. The predicted octanol–water partition coefficient (Wildman–Crippen LogP) is 2.73. The maximum Gasteiger partial charge on any atom is 0.311 e. The fourth-order valence-corrected chi connectivity index (χ4v) is 1.83. The van der Waals surface area contributed by atoms with E-state index in [-0.39, 0.29) is 12.0 Å². The number of aromatic nitrogens is 1. The fraction of sp³-hybridized carbons (Fsp3) is 0.400. The number of carbonyl (C=O) groups excluding carboxylic acids is 1. The molecule has 1 heterocycles. The van der Waals surface area contributed by atoms with Crippen molar-refractivity contribution in [1.82, 2.24) is 4.98 Å². The lowest BCUT2D eigenvalue weighted by molar-refractivity contribution is -0.142. The van der Waals surface area contributed by atoms with Gasteiger partial charge in [0.1, 0.15) is 0 Å². The monoisotopic (exact) mass is 341 g/mol. The fourth-order valence-electron chi connectivity index (χ4n) is 1.10. The van der Waals surface area contributed by atoms with Crippen LogP contribution < -0.4 is 0 Å². The minimum absolute atomic E-state index is 0.00730. The number of hydrogen-bond acceptors (Lipinski definition) is 3. The Morgan fingerprint density at radius 2 is 2.31 bits per heavy atom. The van der Waals surface area contributed by atoms with E-state index >= 15 is 0 Å². The Bertz CT molecular complexity index is 385. The first kappa shape index (κ1) is 13.3. The summed E-state index contributed by atoms with van der Waals surface area (Å²) in [5, 5.41) is 0. The average Bonchev–Trinajstić information content (AvgIpc) is 2.17. The Morgan fingerprint density at radius 3 is 2.81 bits per heavy atom. The smallest absolute Gasteiger partial charge is 0.311 e. The zero-order valence-electron chi connectivity index (χ0n) is 8.54. The predicted molar refractivity (Wildman–Crippen MR) is 62.2 cm³/mol. The third kappa shape index (κ3) is 3.66. The summed E-state index contributed by atoms with van der Waals surface area (Å²) in [6, 6.07) is 1.47. The number of pyridine rings is 1. The molecule has 0 aliphatic carbocycles. The van der Waals surface area contributed by atoms with Crippen LogP contribution in [0, 0.1) is 3.57 Å². The van der Waals surface area contributed by atoms with Crippen LogP contribution in [-0.2, 0) is 16.0 Å². The zero-order chi connectivity index (χ0) is 12.1. The van der Waals surface area contributed by atoms with Crippen LogP contribution in [0.2, 0.25) is 0 Å². The van der Waals surface area contributed by atoms with Gasteiger partial charge in [0.15, 0.2) is 0 Å². The molecule has 3 nitrogen and oxygen atoms in total. The highest BCUT2D eigenvalue weighted by Gasteiger charge is 2.14. The lowest BCUT2D eigenvalue weighted by Gasteiger charge is -2.05. The van der Waals surface area contributed by atoms with Gasteiger partial charge in [-0.05, 0) is 35.6 Å². The van der Waals surface area contributed by atoms with Gasteiger partial charge in [-0.2, -0.15) is 0 Å². The molecule has 0 aliphatic heterocycles. The molecule has 0 saturated carbocycles. The molecule has 1 aromatic heterocycles. The van der Waals surface area contributed by atoms with E-state index < -0.39 is 12.4 Å². The molecule has 0 spiro atoms. The molecule has 16 heavy (non-hydrogen) atoms. The summed E-state index contributed by atoms with van der Waals surface area (Å²) in [6.07, 6.45) is -1.44. The molecule has 0 N–H and O–H groups in total. The number of esters is 1. The van der Waals surface area contributed by atoms with Gasteiger partial charge in [-0.3, -0.25) is 9.78 Å². The average molecular weight is 341 g/mol. The van der Waals surface area contributed by atoms with Gasteiger partial charge in [-0.25, -0.2) is 8.78 Å². The minimum atomic E-state index is -2.55. The van der Waals surface area contributed by atoms with Crippen LogP contribution in [-0.4, -0.2) is 17.6 Å². The van der Waals surface area contributed by atoms with E-state index in [1.807, 2.05) is 0 Å². The summed E-state index contributed by atoms with van der Waals surface area (Å²) >= 11 is 1.80. The molecule has 0 aromatic carbocycles. The maximum absolute atomic E-state index is 12.4. The van der Waals surface area contributed by atoms with Crippen molar-refractivity contribution < 1.29 is 18.3 Å². The molecule has 88 valence electrons. The molecule has 0 fully saturated rings. The van der Waals surface area contributed by atoms with E-state index in [4.69, 9.17) is 4.74 Å². The number of ether oxygens (including phenoxy) is 1. The van der Waals surface area contributed by atoms with Crippen LogP contribution in [0.4, 0.5) is 8.78 Å². The van der Waals surface area contributed by atoms with Crippen molar-refractivity contribution in [2.75, 3.05) is 6.61 Å². The first-order chi connectivity index (χ1) is 7.54. The Labute approximate surface area is 105 Å². The zero-order valence-corrected chi connectivity index (χ0v) is 10.7. The minimum Gasteiger partial charge on any atom is -0.466 e. The van der Waals surface area contributed by atoms with Crippen LogP contribution >= 0.6 is 22.6 Å². The summed E-state index contributed by atoms with van der Waals surface area (Å²) in [5.74, 6) is -0.407. The molecule has 0 aliphatic rings. The first-order valence-electron chi connectivity index (χ1n) is 4.62. The van der Waals surface area contributed by atoms with Crippen LogP contribution in [0.1, 0.15) is 24.6 Å². The SMILES string of the molecule is CCOC(=O)Cc1cc(I)c(C(F)F)cn1. The molecular formula is C10H10F2INO2. The molecule has 1 rings (SSSR count). The summed E-state index contributed by atoms with van der Waals surface area (Å²) in [6.45, 7) is 2.00. The lowest BCUT2D eigenvalue weighted by atomic mass is 10.2. The number of carbonyl (C=O) groups is 1. The van der Waals surface area contributed by atoms with E-state index in [2.05, 4.69) is 4.98 Å². The topological polar surface area (TPSA) is 39.2 Å². The first-order valence-corrected chi connectivity index (χ1v) is 5.70. The Balaban J connectivity index is 2.77. The Morgan fingerprint density at radius 1 is 1.62 bits per heavy atom. The summed E-state index contributed by atoms with van der Waals surface area (Å²) in [4.78, 5) is 14.9. The van der Waals surface area contributed by atoms with Crippen molar-refractivity contribution in [3.8, 4) is 0 Å². The van der Waals surface area contributed by atoms with Gasteiger partial charge in [0.25, 0.3) is 6.43 Å². The van der Waals surface area contributed by atoms with E-state index in [1.165, 1.54) is 6.07 Å². The number of rotatable bonds is 4. The molecule has 1 aromatic rings. The maximum atomic E-state index is 12.4. The summed E-state index contributed by atoms with van der Waals surface area (Å²) < 4.78 is 30.0. The highest BCUT2D eigenvalue weighted by molar-refractivity contribution is 14.1. The second kappa shape index (κ2) is 6.07. The third-order valence-electron chi connectivity index (χ3n) is 1.80. The van der Waals surface area contributed by atoms with Gasteiger partial charge in [-0.15, -0.1) is 0 Å². The molecule has 0 bridgehead atoms. The highest BCUT2D eigenvalue weighted by atomic mass is 127. The van der Waals surface area contributed by atoms with Gasteiger partial charge in [0.2, 0.25) is 0 Å². The molecule has 0 radical (unpaired) electrons. The van der Waals surface area contributed by atoms with Crippen LogP contribution in [0.5, 0.6) is 0 Å². The van der Waals surface area contributed by atoms with Crippen molar-refractivity contribution in [3.63, 3.8) is 0 Å². The van der Waals surface area contributed by atoms with E-state index in [0.29, 0.717) is 15.9 Å². The van der Waals surface area contributed by atoms with Crippen molar-refractivity contribution in [1.29, 1.82) is 0 Å². The van der Waals surface area contributed by atoms with Gasteiger partial charge in [0.05, 0.1) is 18.7 Å². The molecular weight excluding hydrogens is 331 g/mol. The lowest BCUT2D eigenvalue weighted by Crippen LogP contribution is -2.09. The highest BCUT2D eigenvalue weighted by Crippen LogP contribution is 2.23. The standard InChI is InChI=1S/C10H10F2INO2/c1-2-16-9(15)4-6-3-8(13)7(5-14-6)10(11)12/h3,5,10H,2,4H2,1H3. The number of nitrogens with zero attached hydrogens (tertiary/aromatic N) is 1. The van der Waals surface area contributed by atoms with Crippen molar-refractivity contribution in [2.24, 2.45) is 0 Å². The molecule has 0 amide bonds. The molecule has 6 heteroatoms. The second-order valence-corrected chi connectivity index (χ2v) is 4.14. The quantitative estimate of drug-likeness (QED) is 0.625. The Kier molecular flexibility index (Phi) is 5.04. The van der Waals surface area contributed by atoms with E-state index in [9.17, 15) is 13.6 Å². The van der Waals surface area contributed by atoms with Gasteiger partial charge >= 0.3 is 5.97 Å². The second-order valence-electron chi connectivity index (χ2n) is 2.98. The van der Waals surface area contributed by atoms with Gasteiger partial charge in [-0.1, -0.05) is 0 Å². The summed E-state index contributed by atoms with van der Waals surface area (Å²) in [7, 11) is 0. The third-order valence-corrected chi connectivity index (χ3v) is 2.74. The van der Waals surface area contributed by atoms with Crippen molar-refractivity contribution in [3.05, 3.63) is 27.1 Å². The number of halogens is 3. The van der Waals surface area contributed by atoms with Crippen LogP contribution in [0.25, 0.3) is 0 Å². The van der Waals surface area contributed by atoms with Crippen molar-refractivity contribution in [2.45, 2.75) is 19.8 Å². The van der Waals surface area contributed by atoms with Gasteiger partial charge in [0, 0.05) is 15.3 Å². The van der Waals surface area contributed by atoms with E-state index in [1.54, 1.807) is 29.5 Å². The molecule has 0 unspecified atom stereocenters. The normalized spacial score (nSPS) is 10.6. The number of hydrogen-bond donors (Lipinski definition) is 0. The van der Waals surface area contributed by atoms with Gasteiger partial charge < -0.3 is 4.74 Å². The van der Waals surface area contributed by atoms with Crippen LogP contribution in [0.3, 0.4) is 0 Å². The van der Waals surface area contributed by atoms with E-state index in [0.717, 1.165) is 6.20 Å². The Hall–Kier alpha value is -0.790. The largest absolute Gasteiger partial charge is 0.466 e. The molecule has 0 saturated heterocycles. The summed E-state index contributed by atoms with van der Waals surface area (Å²) in [5.41, 5.74) is 0.320. The van der Waals surface area contributed by atoms with Crippen LogP contribution in [0.15, 0.2) is 12.3 Å². The van der Waals surface area contributed by atoms with Crippen molar-refractivity contribution >= 4 is 28.6 Å². The number of alkyl halides is 2.